The molecule has 0 radical (unpaired) electrons. The maximum atomic E-state index is 6.32. The number of nitrogens with one attached hydrogen (secondary N) is 1. The molecule has 1 heterocycles. The van der Waals surface area contributed by atoms with Crippen molar-refractivity contribution < 1.29 is 4.74 Å². The van der Waals surface area contributed by atoms with Gasteiger partial charge < -0.3 is 4.74 Å². The van der Waals surface area contributed by atoms with E-state index in [4.69, 9.17) is 22.2 Å². The molecule has 0 saturated heterocycles. The Kier molecular flexibility index (Phi) is 4.15. The number of nitrogens with two attached hydrogens (primary N) is 1. The van der Waals surface area contributed by atoms with Crippen LogP contribution in [-0.4, -0.2) is 6.61 Å². The third-order valence-electron chi connectivity index (χ3n) is 3.95. The van der Waals surface area contributed by atoms with Crippen molar-refractivity contribution in [2.75, 3.05) is 6.61 Å². The molecule has 0 bridgehead atoms. The third kappa shape index (κ3) is 3.05. The fourth-order valence-electron chi connectivity index (χ4n) is 2.73. The average Bonchev–Trinajstić information content (AvgIpc) is 2.94. The van der Waals surface area contributed by atoms with Crippen LogP contribution in [0.3, 0.4) is 0 Å². The Morgan fingerprint density at radius 1 is 1.29 bits per heavy atom. The van der Waals surface area contributed by atoms with Gasteiger partial charge in [0.1, 0.15) is 5.75 Å². The lowest BCUT2D eigenvalue weighted by Crippen LogP contribution is -2.29. The summed E-state index contributed by atoms with van der Waals surface area (Å²) in [5.41, 5.74) is 7.58. The van der Waals surface area contributed by atoms with Gasteiger partial charge in [0, 0.05) is 11.4 Å². The van der Waals surface area contributed by atoms with Crippen LogP contribution in [0.25, 0.3) is 0 Å². The Hall–Kier alpha value is -1.55. The van der Waals surface area contributed by atoms with Crippen molar-refractivity contribution in [3.05, 3.63) is 63.7 Å². The van der Waals surface area contributed by atoms with Crippen LogP contribution in [0.5, 0.6) is 5.75 Å². The van der Waals surface area contributed by atoms with Crippen LogP contribution in [0.15, 0.2) is 36.4 Å². The second-order valence-electron chi connectivity index (χ2n) is 5.48. The van der Waals surface area contributed by atoms with Gasteiger partial charge in [-0.2, -0.15) is 0 Å². The first-order valence-corrected chi connectivity index (χ1v) is 7.52. The molecule has 0 fully saturated rings. The summed E-state index contributed by atoms with van der Waals surface area (Å²) >= 11 is 6.32. The lowest BCUT2D eigenvalue weighted by molar-refractivity contribution is 0.356. The molecule has 0 aromatic heterocycles. The summed E-state index contributed by atoms with van der Waals surface area (Å²) < 4.78 is 5.54. The highest BCUT2D eigenvalue weighted by Crippen LogP contribution is 2.30. The highest BCUT2D eigenvalue weighted by Gasteiger charge is 2.17. The summed E-state index contributed by atoms with van der Waals surface area (Å²) in [5.74, 6) is 6.74. The molecule has 1 unspecified atom stereocenters. The lowest BCUT2D eigenvalue weighted by Gasteiger charge is -2.18. The molecule has 0 amide bonds. The molecule has 4 heteroatoms. The van der Waals surface area contributed by atoms with Gasteiger partial charge in [-0.3, -0.25) is 11.3 Å². The van der Waals surface area contributed by atoms with Crippen LogP contribution < -0.4 is 16.0 Å². The highest BCUT2D eigenvalue weighted by molar-refractivity contribution is 6.31. The molecule has 3 N–H and O–H groups in total. The molecule has 0 spiro atoms. The van der Waals surface area contributed by atoms with E-state index in [-0.39, 0.29) is 6.04 Å². The fraction of sp³-hybridized carbons (Fsp3) is 0.294. The summed E-state index contributed by atoms with van der Waals surface area (Å²) in [6.45, 7) is 2.80. The average molecular weight is 303 g/mol. The van der Waals surface area contributed by atoms with E-state index in [1.807, 2.05) is 19.1 Å². The largest absolute Gasteiger partial charge is 0.493 e. The van der Waals surface area contributed by atoms with Crippen molar-refractivity contribution in [1.29, 1.82) is 0 Å². The number of hydrazine groups is 1. The minimum Gasteiger partial charge on any atom is -0.493 e. The van der Waals surface area contributed by atoms with E-state index in [0.717, 1.165) is 41.3 Å². The number of halogens is 1. The number of ether oxygens (including phenoxy) is 1. The van der Waals surface area contributed by atoms with Crippen LogP contribution in [0.1, 0.15) is 28.3 Å². The zero-order valence-electron chi connectivity index (χ0n) is 12.0. The maximum absolute atomic E-state index is 6.32. The molecule has 2 aromatic rings. The summed E-state index contributed by atoms with van der Waals surface area (Å²) in [7, 11) is 0. The molecule has 3 rings (SSSR count). The molecule has 2 aromatic carbocycles. The number of aryl methyl sites for hydroxylation is 1. The monoisotopic (exact) mass is 302 g/mol. The molecule has 1 aliphatic rings. The van der Waals surface area contributed by atoms with E-state index in [0.29, 0.717) is 0 Å². The Bertz CT molecular complexity index is 657. The van der Waals surface area contributed by atoms with Gasteiger partial charge in [0.05, 0.1) is 12.6 Å². The molecule has 1 aliphatic heterocycles. The molecular formula is C17H19ClN2O. The molecule has 0 saturated carbocycles. The topological polar surface area (TPSA) is 47.3 Å². The summed E-state index contributed by atoms with van der Waals surface area (Å²) in [6, 6.07) is 12.4. The van der Waals surface area contributed by atoms with Gasteiger partial charge in [0.15, 0.2) is 0 Å². The van der Waals surface area contributed by atoms with E-state index < -0.39 is 0 Å². The Labute approximate surface area is 130 Å². The first-order chi connectivity index (χ1) is 10.2. The molecule has 0 aliphatic carbocycles. The SMILES string of the molecule is Cc1ccc(CC(NN)c2ccc3c(c2)CCO3)c(Cl)c1. The minimum atomic E-state index is 0.0381. The van der Waals surface area contributed by atoms with Crippen LogP contribution in [-0.2, 0) is 12.8 Å². The van der Waals surface area contributed by atoms with Crippen LogP contribution >= 0.6 is 11.6 Å². The zero-order valence-corrected chi connectivity index (χ0v) is 12.8. The van der Waals surface area contributed by atoms with Crippen LogP contribution in [0.4, 0.5) is 0 Å². The molecular weight excluding hydrogens is 284 g/mol. The predicted octanol–water partition coefficient (Wildman–Crippen LogP) is 3.33. The van der Waals surface area contributed by atoms with Crippen molar-refractivity contribution in [2.45, 2.75) is 25.8 Å². The van der Waals surface area contributed by atoms with Gasteiger partial charge in [-0.05, 0) is 47.7 Å². The van der Waals surface area contributed by atoms with E-state index in [9.17, 15) is 0 Å². The summed E-state index contributed by atoms with van der Waals surface area (Å²) in [4.78, 5) is 0. The number of benzene rings is 2. The third-order valence-corrected chi connectivity index (χ3v) is 4.30. The van der Waals surface area contributed by atoms with Crippen molar-refractivity contribution >= 4 is 11.6 Å². The fourth-order valence-corrected chi connectivity index (χ4v) is 3.05. The minimum absolute atomic E-state index is 0.0381. The molecule has 3 nitrogen and oxygen atoms in total. The van der Waals surface area contributed by atoms with Gasteiger partial charge in [0.2, 0.25) is 0 Å². The van der Waals surface area contributed by atoms with E-state index in [1.165, 1.54) is 11.1 Å². The van der Waals surface area contributed by atoms with E-state index in [2.05, 4.69) is 29.7 Å². The first-order valence-electron chi connectivity index (χ1n) is 7.14. The standard InChI is InChI=1S/C17H19ClN2O/c1-11-2-3-12(15(18)8-11)10-16(20-19)13-4-5-17-14(9-13)6-7-21-17/h2-5,8-9,16,20H,6-7,10,19H2,1H3. The van der Waals surface area contributed by atoms with Gasteiger partial charge in [-0.1, -0.05) is 35.9 Å². The van der Waals surface area contributed by atoms with E-state index in [1.54, 1.807) is 0 Å². The molecule has 21 heavy (non-hydrogen) atoms. The van der Waals surface area contributed by atoms with Gasteiger partial charge in [-0.25, -0.2) is 0 Å². The Morgan fingerprint density at radius 2 is 2.14 bits per heavy atom. The number of hydrogen-bond acceptors (Lipinski definition) is 3. The predicted molar refractivity (Wildman–Crippen MR) is 85.6 cm³/mol. The summed E-state index contributed by atoms with van der Waals surface area (Å²) in [5, 5.41) is 0.791. The molecule has 1 atom stereocenters. The first kappa shape index (κ1) is 14.4. The quantitative estimate of drug-likeness (QED) is 0.673. The lowest BCUT2D eigenvalue weighted by atomic mass is 9.96. The highest BCUT2D eigenvalue weighted by atomic mass is 35.5. The normalized spacial score (nSPS) is 14.6. The van der Waals surface area contributed by atoms with Gasteiger partial charge in [0.25, 0.3) is 0 Å². The number of fused-ring (bicyclic) bond motifs is 1. The summed E-state index contributed by atoms with van der Waals surface area (Å²) in [6.07, 6.45) is 1.72. The smallest absolute Gasteiger partial charge is 0.122 e. The Morgan fingerprint density at radius 3 is 2.90 bits per heavy atom. The number of hydrogen-bond donors (Lipinski definition) is 2. The number of rotatable bonds is 4. The second kappa shape index (κ2) is 6.06. The Balaban J connectivity index is 1.85. The van der Waals surface area contributed by atoms with Crippen molar-refractivity contribution in [1.82, 2.24) is 5.43 Å². The zero-order chi connectivity index (χ0) is 14.8. The van der Waals surface area contributed by atoms with Crippen LogP contribution in [0.2, 0.25) is 5.02 Å². The van der Waals surface area contributed by atoms with Crippen LogP contribution in [0, 0.1) is 6.92 Å². The van der Waals surface area contributed by atoms with E-state index >= 15 is 0 Å². The second-order valence-corrected chi connectivity index (χ2v) is 5.89. The van der Waals surface area contributed by atoms with Crippen molar-refractivity contribution in [3.63, 3.8) is 0 Å². The maximum Gasteiger partial charge on any atom is 0.122 e. The molecule has 110 valence electrons. The van der Waals surface area contributed by atoms with Gasteiger partial charge >= 0.3 is 0 Å². The van der Waals surface area contributed by atoms with Crippen molar-refractivity contribution in [3.8, 4) is 5.75 Å². The van der Waals surface area contributed by atoms with Gasteiger partial charge in [-0.15, -0.1) is 0 Å². The van der Waals surface area contributed by atoms with Crippen molar-refractivity contribution in [2.24, 2.45) is 5.84 Å².